The Morgan fingerprint density at radius 3 is 2.74 bits per heavy atom. The van der Waals surface area contributed by atoms with E-state index in [-0.39, 0.29) is 17.2 Å². The minimum atomic E-state index is -0.221. The van der Waals surface area contributed by atoms with Crippen molar-refractivity contribution in [2.24, 2.45) is 0 Å². The number of hydrogen-bond acceptors (Lipinski definition) is 3. The molecule has 0 bridgehead atoms. The van der Waals surface area contributed by atoms with E-state index < -0.39 is 0 Å². The fourth-order valence-electron chi connectivity index (χ4n) is 1.75. The molecule has 3 N–H and O–H groups in total. The summed E-state index contributed by atoms with van der Waals surface area (Å²) in [4.78, 5) is 12.8. The highest BCUT2D eigenvalue weighted by molar-refractivity contribution is 8.00. The number of anilines is 1. The van der Waals surface area contributed by atoms with Crippen LogP contribution in [0.15, 0.2) is 23.1 Å². The van der Waals surface area contributed by atoms with Crippen molar-refractivity contribution in [3.63, 3.8) is 0 Å². The van der Waals surface area contributed by atoms with Crippen LogP contribution in [0.3, 0.4) is 0 Å². The number of benzene rings is 1. The lowest BCUT2D eigenvalue weighted by Crippen LogP contribution is -2.37. The number of carbonyl (C=O) groups excluding carboxylic acids is 1. The van der Waals surface area contributed by atoms with Gasteiger partial charge in [-0.3, -0.25) is 4.79 Å². The molecule has 0 saturated heterocycles. The average Bonchev–Trinajstić information content (AvgIpc) is 2.34. The van der Waals surface area contributed by atoms with Crippen LogP contribution in [0.25, 0.3) is 0 Å². The van der Waals surface area contributed by atoms with Gasteiger partial charge in [-0.05, 0) is 32.4 Å². The first kappa shape index (κ1) is 16.2. The van der Waals surface area contributed by atoms with E-state index >= 15 is 0 Å². The molecule has 3 nitrogen and oxygen atoms in total. The van der Waals surface area contributed by atoms with Crippen molar-refractivity contribution < 1.29 is 4.79 Å². The van der Waals surface area contributed by atoms with Crippen LogP contribution in [0.5, 0.6) is 0 Å². The Hall–Kier alpha value is -0.870. The Morgan fingerprint density at radius 1 is 1.47 bits per heavy atom. The fourth-order valence-corrected chi connectivity index (χ4v) is 2.97. The van der Waals surface area contributed by atoms with E-state index in [4.69, 9.17) is 17.3 Å². The smallest absolute Gasteiger partial charge is 0.233 e. The van der Waals surface area contributed by atoms with Gasteiger partial charge in [0.15, 0.2) is 0 Å². The number of rotatable bonds is 6. The number of carbonyl (C=O) groups is 1. The molecule has 0 saturated carbocycles. The molecular formula is C14H21ClN2OS. The molecule has 0 aliphatic carbocycles. The normalized spacial score (nSPS) is 13.9. The van der Waals surface area contributed by atoms with E-state index in [1.807, 2.05) is 13.8 Å². The zero-order chi connectivity index (χ0) is 14.4. The topological polar surface area (TPSA) is 55.1 Å². The quantitative estimate of drug-likeness (QED) is 0.622. The van der Waals surface area contributed by atoms with Crippen LogP contribution in [-0.4, -0.2) is 17.2 Å². The maximum atomic E-state index is 12.0. The summed E-state index contributed by atoms with van der Waals surface area (Å²) in [6.07, 6.45) is 2.04. The molecule has 0 aliphatic heterocycles. The molecular weight excluding hydrogens is 280 g/mol. The highest BCUT2D eigenvalue weighted by atomic mass is 35.5. The number of amides is 1. The van der Waals surface area contributed by atoms with Crippen molar-refractivity contribution in [2.75, 3.05) is 5.73 Å². The lowest BCUT2D eigenvalue weighted by atomic mass is 10.2. The van der Waals surface area contributed by atoms with E-state index in [1.54, 1.807) is 18.2 Å². The Labute approximate surface area is 124 Å². The molecule has 2 unspecified atom stereocenters. The van der Waals surface area contributed by atoms with Gasteiger partial charge in [0.25, 0.3) is 0 Å². The number of nitrogens with two attached hydrogens (primary N) is 1. The third-order valence-electron chi connectivity index (χ3n) is 2.77. The second-order valence-electron chi connectivity index (χ2n) is 4.62. The molecule has 1 rings (SSSR count). The van der Waals surface area contributed by atoms with Crippen LogP contribution in [0.1, 0.15) is 33.6 Å². The van der Waals surface area contributed by atoms with Crippen molar-refractivity contribution in [1.29, 1.82) is 0 Å². The van der Waals surface area contributed by atoms with E-state index in [9.17, 15) is 4.79 Å². The molecule has 19 heavy (non-hydrogen) atoms. The highest BCUT2D eigenvalue weighted by Crippen LogP contribution is 2.35. The van der Waals surface area contributed by atoms with Crippen LogP contribution in [0.2, 0.25) is 5.02 Å². The summed E-state index contributed by atoms with van der Waals surface area (Å²) < 4.78 is 0. The Morgan fingerprint density at radius 2 is 2.16 bits per heavy atom. The van der Waals surface area contributed by atoms with Gasteiger partial charge in [-0.2, -0.15) is 0 Å². The van der Waals surface area contributed by atoms with Crippen LogP contribution < -0.4 is 11.1 Å². The van der Waals surface area contributed by atoms with Crippen molar-refractivity contribution in [3.05, 3.63) is 23.2 Å². The van der Waals surface area contributed by atoms with Gasteiger partial charge in [0.1, 0.15) is 0 Å². The van der Waals surface area contributed by atoms with Crippen molar-refractivity contribution in [2.45, 2.75) is 49.8 Å². The summed E-state index contributed by atoms with van der Waals surface area (Å²) in [7, 11) is 0. The molecule has 2 atom stereocenters. The lowest BCUT2D eigenvalue weighted by molar-refractivity contribution is -0.120. The maximum absolute atomic E-state index is 12.0. The van der Waals surface area contributed by atoms with Crippen LogP contribution in [0, 0.1) is 0 Å². The Balaban J connectivity index is 2.64. The van der Waals surface area contributed by atoms with Gasteiger partial charge in [0.05, 0.1) is 10.3 Å². The molecule has 106 valence electrons. The number of hydrogen-bond donors (Lipinski definition) is 2. The third kappa shape index (κ3) is 4.96. The van der Waals surface area contributed by atoms with Gasteiger partial charge in [-0.1, -0.05) is 31.0 Å². The van der Waals surface area contributed by atoms with Crippen molar-refractivity contribution in [3.8, 4) is 0 Å². The number of nitrogens with one attached hydrogen (secondary N) is 1. The van der Waals surface area contributed by atoms with Crippen LogP contribution in [0.4, 0.5) is 5.69 Å². The molecule has 0 spiro atoms. The first-order valence-corrected chi connectivity index (χ1v) is 7.72. The summed E-state index contributed by atoms with van der Waals surface area (Å²) in [6, 6.07) is 5.57. The average molecular weight is 301 g/mol. The third-order valence-corrected chi connectivity index (χ3v) is 4.46. The van der Waals surface area contributed by atoms with Gasteiger partial charge in [-0.25, -0.2) is 0 Å². The molecule has 0 fully saturated rings. The Kier molecular flexibility index (Phi) is 6.52. The van der Waals surface area contributed by atoms with Crippen LogP contribution in [-0.2, 0) is 4.79 Å². The largest absolute Gasteiger partial charge is 0.398 e. The molecule has 1 amide bonds. The van der Waals surface area contributed by atoms with Crippen molar-refractivity contribution in [1.82, 2.24) is 5.32 Å². The molecule has 0 radical (unpaired) electrons. The van der Waals surface area contributed by atoms with Gasteiger partial charge in [0, 0.05) is 16.6 Å². The van der Waals surface area contributed by atoms with Gasteiger partial charge >= 0.3 is 0 Å². The second kappa shape index (κ2) is 7.65. The van der Waals surface area contributed by atoms with E-state index in [0.29, 0.717) is 10.7 Å². The molecule has 0 aliphatic rings. The predicted molar refractivity (Wildman–Crippen MR) is 83.7 cm³/mol. The summed E-state index contributed by atoms with van der Waals surface area (Å²) in [6.45, 7) is 5.98. The first-order valence-electron chi connectivity index (χ1n) is 6.46. The zero-order valence-electron chi connectivity index (χ0n) is 11.6. The lowest BCUT2D eigenvalue weighted by Gasteiger charge is -2.17. The summed E-state index contributed by atoms with van der Waals surface area (Å²) in [5.41, 5.74) is 6.49. The minimum absolute atomic E-state index is 0.0188. The summed E-state index contributed by atoms with van der Waals surface area (Å²) >= 11 is 7.50. The van der Waals surface area contributed by atoms with Gasteiger partial charge < -0.3 is 11.1 Å². The molecule has 0 heterocycles. The number of thioether (sulfide) groups is 1. The standard InChI is InChI=1S/C14H21ClN2OS/c1-4-6-9(2)17-14(18)10(3)19-13-11(15)7-5-8-12(13)16/h5,7-10H,4,6,16H2,1-3H3,(H,17,18). The first-order chi connectivity index (χ1) is 8.95. The minimum Gasteiger partial charge on any atom is -0.398 e. The summed E-state index contributed by atoms with van der Waals surface area (Å²) in [5.74, 6) is 0.0188. The maximum Gasteiger partial charge on any atom is 0.233 e. The SMILES string of the molecule is CCCC(C)NC(=O)C(C)Sc1c(N)cccc1Cl. The van der Waals surface area contributed by atoms with E-state index in [0.717, 1.165) is 17.7 Å². The Bertz CT molecular complexity index is 419. The van der Waals surface area contributed by atoms with Gasteiger partial charge in [0.2, 0.25) is 5.91 Å². The molecule has 0 aromatic heterocycles. The van der Waals surface area contributed by atoms with E-state index in [1.165, 1.54) is 11.8 Å². The number of nitrogen functional groups attached to an aromatic ring is 1. The number of halogens is 1. The van der Waals surface area contributed by atoms with Gasteiger partial charge in [-0.15, -0.1) is 11.8 Å². The zero-order valence-corrected chi connectivity index (χ0v) is 13.1. The predicted octanol–water partition coefficient (Wildman–Crippen LogP) is 3.71. The highest BCUT2D eigenvalue weighted by Gasteiger charge is 2.18. The van der Waals surface area contributed by atoms with Crippen molar-refractivity contribution >= 4 is 35.0 Å². The van der Waals surface area contributed by atoms with Crippen LogP contribution >= 0.6 is 23.4 Å². The second-order valence-corrected chi connectivity index (χ2v) is 6.37. The molecule has 5 heteroatoms. The fraction of sp³-hybridized carbons (Fsp3) is 0.500. The summed E-state index contributed by atoms with van der Waals surface area (Å²) in [5, 5.41) is 3.36. The monoisotopic (exact) mass is 300 g/mol. The molecule has 1 aromatic carbocycles. The van der Waals surface area contributed by atoms with E-state index in [2.05, 4.69) is 12.2 Å². The molecule has 1 aromatic rings.